The molecule has 0 heterocycles. The van der Waals surface area contributed by atoms with Gasteiger partial charge >= 0.3 is 0 Å². The Bertz CT molecular complexity index is 525. The molecule has 1 aliphatic rings. The van der Waals surface area contributed by atoms with Crippen molar-refractivity contribution in [2.45, 2.75) is 44.4 Å². The molecule has 4 heteroatoms. The lowest BCUT2D eigenvalue weighted by molar-refractivity contribution is 0.515. The summed E-state index contributed by atoms with van der Waals surface area (Å²) < 4.78 is 25.0. The van der Waals surface area contributed by atoms with Gasteiger partial charge in [-0.05, 0) is 30.5 Å². The Hall–Kier alpha value is -0.870. The second kappa shape index (κ2) is 6.06. The molecule has 0 aromatic heterocycles. The summed E-state index contributed by atoms with van der Waals surface area (Å²) in [7, 11) is -3.02. The largest absolute Gasteiger partial charge is 0.309 e. The predicted molar refractivity (Wildman–Crippen MR) is 79.0 cm³/mol. The molecule has 0 aliphatic heterocycles. The Morgan fingerprint density at radius 2 is 2.00 bits per heavy atom. The van der Waals surface area contributed by atoms with E-state index in [-0.39, 0.29) is 11.3 Å². The summed E-state index contributed by atoms with van der Waals surface area (Å²) in [5, 5.41) is 3.06. The van der Waals surface area contributed by atoms with Crippen LogP contribution in [-0.2, 0) is 16.3 Å². The van der Waals surface area contributed by atoms with Crippen molar-refractivity contribution < 1.29 is 8.42 Å². The van der Waals surface area contributed by atoms with Crippen LogP contribution < -0.4 is 5.32 Å². The zero-order chi connectivity index (χ0) is 13.9. The molecule has 3 nitrogen and oxygen atoms in total. The summed E-state index contributed by atoms with van der Waals surface area (Å²) in [4.78, 5) is 0. The molecule has 1 aromatic rings. The summed E-state index contributed by atoms with van der Waals surface area (Å²) in [6, 6.07) is 8.04. The smallest absolute Gasteiger partial charge is 0.155 e. The first kappa shape index (κ1) is 14.5. The predicted octanol–water partition coefficient (Wildman–Crippen LogP) is 2.48. The summed E-state index contributed by atoms with van der Waals surface area (Å²) in [5.74, 6) is 0.310. The highest BCUT2D eigenvalue weighted by molar-refractivity contribution is 7.92. The molecule has 1 aromatic carbocycles. The van der Waals surface area contributed by atoms with Crippen molar-refractivity contribution in [3.8, 4) is 0 Å². The van der Waals surface area contributed by atoms with Crippen molar-refractivity contribution in [1.29, 1.82) is 0 Å². The average Bonchev–Trinajstić information content (AvgIpc) is 2.77. The van der Waals surface area contributed by atoms with Crippen LogP contribution in [0.4, 0.5) is 0 Å². The van der Waals surface area contributed by atoms with E-state index in [0.29, 0.717) is 12.2 Å². The summed E-state index contributed by atoms with van der Waals surface area (Å²) in [6.45, 7) is 4.84. The van der Waals surface area contributed by atoms with Crippen LogP contribution in [0.1, 0.15) is 43.9 Å². The third-order valence-corrected chi connectivity index (χ3v) is 6.07. The summed E-state index contributed by atoms with van der Waals surface area (Å²) in [5.41, 5.74) is 2.34. The van der Waals surface area contributed by atoms with Gasteiger partial charge in [0.15, 0.2) is 9.84 Å². The fourth-order valence-corrected chi connectivity index (χ4v) is 4.94. The number of sulfone groups is 1. The Morgan fingerprint density at radius 3 is 2.68 bits per heavy atom. The van der Waals surface area contributed by atoms with E-state index in [2.05, 4.69) is 17.4 Å². The summed E-state index contributed by atoms with van der Waals surface area (Å²) in [6.07, 6.45) is 2.33. The molecular formula is C15H23NO2S. The van der Waals surface area contributed by atoms with E-state index in [1.165, 1.54) is 5.56 Å². The molecule has 0 saturated heterocycles. The maximum absolute atomic E-state index is 12.5. The molecule has 0 bridgehead atoms. The van der Waals surface area contributed by atoms with Crippen LogP contribution in [-0.4, -0.2) is 26.0 Å². The van der Waals surface area contributed by atoms with Gasteiger partial charge in [0.05, 0.1) is 11.0 Å². The topological polar surface area (TPSA) is 46.2 Å². The molecule has 2 unspecified atom stereocenters. The Morgan fingerprint density at radius 1 is 1.26 bits per heavy atom. The molecule has 2 atom stereocenters. The van der Waals surface area contributed by atoms with Crippen LogP contribution in [0, 0.1) is 0 Å². The van der Waals surface area contributed by atoms with E-state index in [1.807, 2.05) is 26.0 Å². The molecule has 0 fully saturated rings. The van der Waals surface area contributed by atoms with Gasteiger partial charge in [0.2, 0.25) is 0 Å². The molecule has 0 saturated carbocycles. The van der Waals surface area contributed by atoms with Crippen LogP contribution in [0.25, 0.3) is 0 Å². The minimum absolute atomic E-state index is 0.0388. The number of hydrogen-bond donors (Lipinski definition) is 1. The van der Waals surface area contributed by atoms with Crippen molar-refractivity contribution in [1.82, 2.24) is 5.32 Å². The second-order valence-electron chi connectivity index (χ2n) is 5.20. The first-order chi connectivity index (χ1) is 9.10. The lowest BCUT2D eigenvalue weighted by atomic mass is 10.1. The minimum atomic E-state index is -3.02. The summed E-state index contributed by atoms with van der Waals surface area (Å²) >= 11 is 0. The third-order valence-electron chi connectivity index (χ3n) is 3.85. The van der Waals surface area contributed by atoms with Gasteiger partial charge in [-0.2, -0.15) is 0 Å². The van der Waals surface area contributed by atoms with E-state index in [4.69, 9.17) is 0 Å². The van der Waals surface area contributed by atoms with Gasteiger partial charge in [-0.3, -0.25) is 0 Å². The van der Waals surface area contributed by atoms with Crippen molar-refractivity contribution in [2.24, 2.45) is 0 Å². The maximum Gasteiger partial charge on any atom is 0.155 e. The van der Waals surface area contributed by atoms with Crippen molar-refractivity contribution in [2.75, 3.05) is 12.3 Å². The molecule has 0 amide bonds. The van der Waals surface area contributed by atoms with Crippen LogP contribution in [0.5, 0.6) is 0 Å². The SMILES string of the molecule is CCCCS(=O)(=O)C1Cc2ccccc2C1NCC. The first-order valence-electron chi connectivity index (χ1n) is 7.13. The Kier molecular flexibility index (Phi) is 4.63. The van der Waals surface area contributed by atoms with Crippen molar-refractivity contribution >= 4 is 9.84 Å². The van der Waals surface area contributed by atoms with Gasteiger partial charge in [0.1, 0.15) is 0 Å². The van der Waals surface area contributed by atoms with Crippen molar-refractivity contribution in [3.05, 3.63) is 35.4 Å². The normalized spacial score (nSPS) is 22.4. The van der Waals surface area contributed by atoms with Gasteiger partial charge in [-0.15, -0.1) is 0 Å². The fourth-order valence-electron chi connectivity index (χ4n) is 2.85. The lowest BCUT2D eigenvalue weighted by Crippen LogP contribution is -2.36. The van der Waals surface area contributed by atoms with E-state index in [0.717, 1.165) is 24.9 Å². The van der Waals surface area contributed by atoms with Crippen molar-refractivity contribution in [3.63, 3.8) is 0 Å². The molecule has 1 N–H and O–H groups in total. The fraction of sp³-hybridized carbons (Fsp3) is 0.600. The zero-order valence-electron chi connectivity index (χ0n) is 11.7. The van der Waals surface area contributed by atoms with E-state index in [1.54, 1.807) is 0 Å². The van der Waals surface area contributed by atoms with Gasteiger partial charge in [-0.1, -0.05) is 44.5 Å². The van der Waals surface area contributed by atoms with Gasteiger partial charge in [0, 0.05) is 6.04 Å². The molecule has 0 radical (unpaired) electrons. The second-order valence-corrected chi connectivity index (χ2v) is 7.54. The van der Waals surface area contributed by atoms with E-state index >= 15 is 0 Å². The molecular weight excluding hydrogens is 258 g/mol. The highest BCUT2D eigenvalue weighted by Gasteiger charge is 2.39. The Balaban J connectivity index is 2.28. The van der Waals surface area contributed by atoms with Gasteiger partial charge < -0.3 is 5.32 Å². The highest BCUT2D eigenvalue weighted by atomic mass is 32.2. The third kappa shape index (κ3) is 3.00. The molecule has 106 valence electrons. The van der Waals surface area contributed by atoms with E-state index < -0.39 is 9.84 Å². The van der Waals surface area contributed by atoms with E-state index in [9.17, 15) is 8.42 Å². The Labute approximate surface area is 116 Å². The minimum Gasteiger partial charge on any atom is -0.309 e. The monoisotopic (exact) mass is 281 g/mol. The number of unbranched alkanes of at least 4 members (excludes halogenated alkanes) is 1. The number of benzene rings is 1. The standard InChI is InChI=1S/C15H23NO2S/c1-3-5-10-19(17,18)14-11-12-8-6-7-9-13(12)15(14)16-4-2/h6-9,14-16H,3-5,10-11H2,1-2H3. The molecule has 19 heavy (non-hydrogen) atoms. The zero-order valence-corrected chi connectivity index (χ0v) is 12.5. The quantitative estimate of drug-likeness (QED) is 0.871. The molecule has 0 spiro atoms. The number of nitrogens with one attached hydrogen (secondary N) is 1. The number of hydrogen-bond acceptors (Lipinski definition) is 3. The maximum atomic E-state index is 12.5. The first-order valence-corrected chi connectivity index (χ1v) is 8.84. The van der Waals surface area contributed by atoms with Crippen LogP contribution in [0.2, 0.25) is 0 Å². The van der Waals surface area contributed by atoms with Gasteiger partial charge in [-0.25, -0.2) is 8.42 Å². The number of rotatable bonds is 6. The average molecular weight is 281 g/mol. The van der Waals surface area contributed by atoms with Crippen LogP contribution in [0.3, 0.4) is 0 Å². The van der Waals surface area contributed by atoms with Crippen LogP contribution >= 0.6 is 0 Å². The molecule has 2 rings (SSSR count). The van der Waals surface area contributed by atoms with Gasteiger partial charge in [0.25, 0.3) is 0 Å². The lowest BCUT2D eigenvalue weighted by Gasteiger charge is -2.21. The number of fused-ring (bicyclic) bond motifs is 1. The molecule has 1 aliphatic carbocycles. The highest BCUT2D eigenvalue weighted by Crippen LogP contribution is 2.35. The van der Waals surface area contributed by atoms with Crippen LogP contribution in [0.15, 0.2) is 24.3 Å².